The first kappa shape index (κ1) is 28.9. The predicted molar refractivity (Wildman–Crippen MR) is 73.5 cm³/mol. The number of rotatable bonds is 0. The molecule has 0 N–H and O–H groups in total. The average Bonchev–Trinajstić information content (AvgIpc) is 2.15. The second-order valence-corrected chi connectivity index (χ2v) is 4.20. The molecule has 2 rings (SSSR count). The number of hydrogen-bond acceptors (Lipinski definition) is 0. The maximum absolute atomic E-state index is 2.27. The van der Waals surface area contributed by atoms with Crippen molar-refractivity contribution in [2.45, 2.75) is 51.4 Å². The van der Waals surface area contributed by atoms with Crippen LogP contribution >= 0.6 is 0 Å². The monoisotopic (exact) mass is 672 g/mol. The van der Waals surface area contributed by atoms with Crippen LogP contribution in [0.1, 0.15) is 51.4 Å². The molecule has 0 amide bonds. The molecule has 0 bridgehead atoms. The van der Waals surface area contributed by atoms with Gasteiger partial charge in [0.25, 0.3) is 0 Å². The van der Waals surface area contributed by atoms with E-state index in [4.69, 9.17) is 0 Å². The Bertz CT molecular complexity index is 192. The first-order valence-electron chi connectivity index (χ1n) is 6.60. The van der Waals surface area contributed by atoms with Crippen LogP contribution in [0.2, 0.25) is 0 Å². The average molecular weight is 672 g/mol. The van der Waals surface area contributed by atoms with Crippen molar-refractivity contribution in [1.29, 1.82) is 0 Å². The van der Waals surface area contributed by atoms with Crippen molar-refractivity contribution in [1.82, 2.24) is 0 Å². The molecule has 0 saturated heterocycles. The third-order valence-electron chi connectivity index (χ3n) is 2.67. The van der Waals surface area contributed by atoms with Gasteiger partial charge in [-0.25, -0.2) is 0 Å². The third-order valence-corrected chi connectivity index (χ3v) is 2.67. The zero-order chi connectivity index (χ0) is 11.3. The minimum Gasteiger partial charge on any atom is -1.00 e. The standard InChI is InChI=1S/2C8H12.2ClH.2Ir/c2*1-2-4-6-8-7-5-3-1;;;;/h2*1-2,7-8H,3-6H2;2*1H;;/p-2/b2*2-1-,8-7?;;;;. The molecule has 0 fully saturated rings. The maximum atomic E-state index is 2.27. The SMILES string of the molecule is C1=CCC/C=C\CC1.C1=CCC/C=C\CC1.[Cl-].[Cl-].[Ir].[Ir]. The van der Waals surface area contributed by atoms with Crippen LogP contribution in [0, 0.1) is 0 Å². The van der Waals surface area contributed by atoms with E-state index in [1.807, 2.05) is 0 Å². The van der Waals surface area contributed by atoms with E-state index in [9.17, 15) is 0 Å². The van der Waals surface area contributed by atoms with Crippen LogP contribution in [0.15, 0.2) is 48.6 Å². The van der Waals surface area contributed by atoms with Crippen molar-refractivity contribution in [3.63, 3.8) is 0 Å². The van der Waals surface area contributed by atoms with Crippen molar-refractivity contribution in [2.24, 2.45) is 0 Å². The van der Waals surface area contributed by atoms with E-state index >= 15 is 0 Å². The second-order valence-electron chi connectivity index (χ2n) is 4.20. The molecule has 0 spiro atoms. The van der Waals surface area contributed by atoms with Crippen molar-refractivity contribution in [3.05, 3.63) is 48.6 Å². The van der Waals surface area contributed by atoms with Gasteiger partial charge in [-0.15, -0.1) is 0 Å². The van der Waals surface area contributed by atoms with Gasteiger partial charge in [0.2, 0.25) is 0 Å². The van der Waals surface area contributed by atoms with Crippen LogP contribution in [0.3, 0.4) is 0 Å². The smallest absolute Gasteiger partial charge is 0 e. The summed E-state index contributed by atoms with van der Waals surface area (Å²) in [6, 6.07) is 0. The van der Waals surface area contributed by atoms with E-state index in [1.165, 1.54) is 51.4 Å². The molecule has 0 aromatic carbocycles. The molecular formula is C16H24Cl2Ir2-2. The minimum atomic E-state index is 0. The normalized spacial score (nSPS) is 19.2. The zero-order valence-electron chi connectivity index (χ0n) is 11.7. The van der Waals surface area contributed by atoms with Gasteiger partial charge in [-0.1, -0.05) is 48.6 Å². The van der Waals surface area contributed by atoms with Crippen molar-refractivity contribution in [3.8, 4) is 0 Å². The van der Waals surface area contributed by atoms with Gasteiger partial charge in [-0.2, -0.15) is 0 Å². The van der Waals surface area contributed by atoms with E-state index in [2.05, 4.69) is 48.6 Å². The van der Waals surface area contributed by atoms with Gasteiger partial charge < -0.3 is 24.8 Å². The summed E-state index contributed by atoms with van der Waals surface area (Å²) < 4.78 is 0. The summed E-state index contributed by atoms with van der Waals surface area (Å²) in [5.74, 6) is 0. The summed E-state index contributed by atoms with van der Waals surface area (Å²) >= 11 is 0. The molecule has 0 nitrogen and oxygen atoms in total. The molecular weight excluding hydrogens is 648 g/mol. The van der Waals surface area contributed by atoms with Gasteiger partial charge >= 0.3 is 0 Å². The second kappa shape index (κ2) is 24.8. The Morgan fingerprint density at radius 1 is 0.300 bits per heavy atom. The molecule has 0 atom stereocenters. The first-order valence-corrected chi connectivity index (χ1v) is 6.60. The van der Waals surface area contributed by atoms with Gasteiger partial charge in [-0.05, 0) is 51.4 Å². The molecule has 2 aliphatic rings. The third kappa shape index (κ3) is 21.1. The fourth-order valence-electron chi connectivity index (χ4n) is 1.71. The summed E-state index contributed by atoms with van der Waals surface area (Å²) in [6.07, 6.45) is 28.0. The molecule has 0 aliphatic heterocycles. The van der Waals surface area contributed by atoms with E-state index in [-0.39, 0.29) is 65.0 Å². The summed E-state index contributed by atoms with van der Waals surface area (Å²) in [6.45, 7) is 0. The molecule has 122 valence electrons. The van der Waals surface area contributed by atoms with Gasteiger partial charge in [0, 0.05) is 40.2 Å². The molecule has 0 saturated carbocycles. The van der Waals surface area contributed by atoms with E-state index in [1.54, 1.807) is 0 Å². The molecule has 0 aromatic heterocycles. The Morgan fingerprint density at radius 2 is 0.400 bits per heavy atom. The predicted octanol–water partition coefficient (Wildman–Crippen LogP) is -0.651. The van der Waals surface area contributed by atoms with Crippen LogP contribution in [-0.4, -0.2) is 0 Å². The van der Waals surface area contributed by atoms with Gasteiger partial charge in [0.15, 0.2) is 0 Å². The topological polar surface area (TPSA) is 0 Å². The summed E-state index contributed by atoms with van der Waals surface area (Å²) in [5.41, 5.74) is 0. The Hall–Kier alpha value is 0.839. The van der Waals surface area contributed by atoms with Gasteiger partial charge in [0.05, 0.1) is 0 Å². The molecule has 4 heteroatoms. The maximum Gasteiger partial charge on any atom is 0 e. The number of halogens is 2. The largest absolute Gasteiger partial charge is 1.00 e. The summed E-state index contributed by atoms with van der Waals surface area (Å²) in [4.78, 5) is 0. The van der Waals surface area contributed by atoms with Gasteiger partial charge in [0.1, 0.15) is 0 Å². The van der Waals surface area contributed by atoms with Crippen molar-refractivity contribution < 1.29 is 65.0 Å². The quantitative estimate of drug-likeness (QED) is 0.301. The van der Waals surface area contributed by atoms with Crippen LogP contribution in [0.4, 0.5) is 0 Å². The van der Waals surface area contributed by atoms with Gasteiger partial charge in [-0.3, -0.25) is 0 Å². The van der Waals surface area contributed by atoms with Crippen LogP contribution < -0.4 is 24.8 Å². The molecule has 0 heterocycles. The molecule has 0 unspecified atom stereocenters. The minimum absolute atomic E-state index is 0. The van der Waals surface area contributed by atoms with Crippen LogP contribution in [0.25, 0.3) is 0 Å². The summed E-state index contributed by atoms with van der Waals surface area (Å²) in [7, 11) is 0. The fraction of sp³-hybridized carbons (Fsp3) is 0.500. The Balaban J connectivity index is -0.000000107. The first-order chi connectivity index (χ1) is 8.00. The Morgan fingerprint density at radius 3 is 0.500 bits per heavy atom. The van der Waals surface area contributed by atoms with E-state index < -0.39 is 0 Å². The Kier molecular flexibility index (Phi) is 35.9. The summed E-state index contributed by atoms with van der Waals surface area (Å²) in [5, 5.41) is 0. The van der Waals surface area contributed by atoms with Crippen molar-refractivity contribution >= 4 is 0 Å². The fourth-order valence-corrected chi connectivity index (χ4v) is 1.71. The Labute approximate surface area is 164 Å². The number of hydrogen-bond donors (Lipinski definition) is 0. The van der Waals surface area contributed by atoms with Crippen LogP contribution in [-0.2, 0) is 40.2 Å². The number of allylic oxidation sites excluding steroid dienone is 8. The van der Waals surface area contributed by atoms with E-state index in [0.717, 1.165) is 0 Å². The van der Waals surface area contributed by atoms with Crippen molar-refractivity contribution in [2.75, 3.05) is 0 Å². The molecule has 2 radical (unpaired) electrons. The zero-order valence-corrected chi connectivity index (χ0v) is 18.0. The van der Waals surface area contributed by atoms with E-state index in [0.29, 0.717) is 0 Å². The molecule has 0 aromatic rings. The van der Waals surface area contributed by atoms with Crippen LogP contribution in [0.5, 0.6) is 0 Å². The molecule has 2 aliphatic carbocycles. The molecule has 20 heavy (non-hydrogen) atoms.